The highest BCUT2D eigenvalue weighted by molar-refractivity contribution is 7.99. The van der Waals surface area contributed by atoms with Crippen LogP contribution in [-0.4, -0.2) is 49.5 Å². The first kappa shape index (κ1) is 20.6. The van der Waals surface area contributed by atoms with E-state index in [1.807, 2.05) is 6.07 Å². The van der Waals surface area contributed by atoms with Crippen molar-refractivity contribution in [1.82, 2.24) is 19.7 Å². The minimum Gasteiger partial charge on any atom is -0.489 e. The van der Waals surface area contributed by atoms with E-state index in [-0.39, 0.29) is 17.1 Å². The van der Waals surface area contributed by atoms with E-state index in [4.69, 9.17) is 9.47 Å². The number of carbonyl (C=O) groups excluding carboxylic acids is 1. The van der Waals surface area contributed by atoms with E-state index in [1.54, 1.807) is 30.1 Å². The number of hydrogen-bond acceptors (Lipinski definition) is 9. The predicted octanol–water partition coefficient (Wildman–Crippen LogP) is 2.68. The molecule has 0 atom stereocenters. The van der Waals surface area contributed by atoms with Gasteiger partial charge in [0.1, 0.15) is 5.69 Å². The monoisotopic (exact) mass is 442 g/mol. The largest absolute Gasteiger partial charge is 0.489 e. The van der Waals surface area contributed by atoms with Crippen molar-refractivity contribution >= 4 is 29.0 Å². The Labute approximate surface area is 180 Å². The zero-order valence-electron chi connectivity index (χ0n) is 16.5. The normalized spacial score (nSPS) is 12.8. The minimum absolute atomic E-state index is 0.00932. The van der Waals surface area contributed by atoms with E-state index in [0.29, 0.717) is 42.1 Å². The summed E-state index contributed by atoms with van der Waals surface area (Å²) in [5, 5.41) is 22.8. The Morgan fingerprint density at radius 1 is 1.29 bits per heavy atom. The Kier molecular flexibility index (Phi) is 5.98. The van der Waals surface area contributed by atoms with Gasteiger partial charge in [0, 0.05) is 37.5 Å². The van der Waals surface area contributed by atoms with E-state index in [0.717, 1.165) is 5.56 Å². The average Bonchev–Trinajstić information content (AvgIpc) is 2.98. The number of hydrogen-bond donors (Lipinski definition) is 1. The fourth-order valence-electron chi connectivity index (χ4n) is 2.95. The van der Waals surface area contributed by atoms with Gasteiger partial charge in [-0.2, -0.15) is 0 Å². The molecule has 1 amide bonds. The summed E-state index contributed by atoms with van der Waals surface area (Å²) in [5.74, 6) is 0.840. The van der Waals surface area contributed by atoms with Crippen LogP contribution < -0.4 is 14.8 Å². The van der Waals surface area contributed by atoms with Gasteiger partial charge in [0.2, 0.25) is 5.91 Å². The van der Waals surface area contributed by atoms with Gasteiger partial charge in [-0.25, -0.2) is 0 Å². The van der Waals surface area contributed by atoms with Crippen LogP contribution in [0.2, 0.25) is 0 Å². The number of anilines is 1. The number of carbonyl (C=O) groups is 1. The van der Waals surface area contributed by atoms with Crippen molar-refractivity contribution in [1.29, 1.82) is 0 Å². The van der Waals surface area contributed by atoms with Crippen molar-refractivity contribution in [2.24, 2.45) is 7.05 Å². The van der Waals surface area contributed by atoms with Gasteiger partial charge in [-0.1, -0.05) is 11.8 Å². The maximum Gasteiger partial charge on any atom is 0.296 e. The Morgan fingerprint density at radius 3 is 2.77 bits per heavy atom. The zero-order chi connectivity index (χ0) is 21.8. The Balaban J connectivity index is 1.47. The van der Waals surface area contributed by atoms with E-state index in [9.17, 15) is 14.9 Å². The van der Waals surface area contributed by atoms with Crippen molar-refractivity contribution in [3.05, 3.63) is 46.8 Å². The summed E-state index contributed by atoms with van der Waals surface area (Å²) in [6.07, 6.45) is 4.01. The predicted molar refractivity (Wildman–Crippen MR) is 112 cm³/mol. The summed E-state index contributed by atoms with van der Waals surface area (Å²) in [6.45, 7) is 0.838. The van der Waals surface area contributed by atoms with Gasteiger partial charge >= 0.3 is 0 Å². The SMILES string of the molecule is Cn1c(SCC(=O)Nc2cc3c(cc2[N+](=O)[O-])OCCCO3)nnc1-c1cccnc1. The molecule has 2 aromatic heterocycles. The molecule has 0 spiro atoms. The molecule has 0 saturated heterocycles. The summed E-state index contributed by atoms with van der Waals surface area (Å²) in [4.78, 5) is 27.4. The zero-order valence-corrected chi connectivity index (χ0v) is 17.3. The summed E-state index contributed by atoms with van der Waals surface area (Å²) in [6, 6.07) is 6.35. The number of fused-ring (bicyclic) bond motifs is 1. The fourth-order valence-corrected chi connectivity index (χ4v) is 3.66. The Bertz CT molecular complexity index is 1120. The van der Waals surface area contributed by atoms with Gasteiger partial charge in [-0.3, -0.25) is 19.9 Å². The lowest BCUT2D eigenvalue weighted by Gasteiger charge is -2.11. The molecule has 3 heterocycles. The lowest BCUT2D eigenvalue weighted by molar-refractivity contribution is -0.384. The molecule has 0 unspecified atom stereocenters. The third kappa shape index (κ3) is 4.58. The lowest BCUT2D eigenvalue weighted by Crippen LogP contribution is -2.16. The maximum atomic E-state index is 12.5. The first-order valence-corrected chi connectivity index (χ1v) is 10.3. The summed E-state index contributed by atoms with van der Waals surface area (Å²) in [7, 11) is 1.79. The van der Waals surface area contributed by atoms with Crippen LogP contribution in [0.25, 0.3) is 11.4 Å². The van der Waals surface area contributed by atoms with Crippen LogP contribution in [0.3, 0.4) is 0 Å². The highest BCUT2D eigenvalue weighted by Crippen LogP contribution is 2.39. The van der Waals surface area contributed by atoms with Crippen LogP contribution in [0.5, 0.6) is 11.5 Å². The highest BCUT2D eigenvalue weighted by Gasteiger charge is 2.23. The summed E-state index contributed by atoms with van der Waals surface area (Å²) in [5.41, 5.74) is 0.589. The Hall–Kier alpha value is -3.67. The molecular weight excluding hydrogens is 424 g/mol. The van der Waals surface area contributed by atoms with Crippen molar-refractivity contribution in [3.8, 4) is 22.9 Å². The molecule has 0 bridgehead atoms. The van der Waals surface area contributed by atoms with Crippen molar-refractivity contribution in [2.75, 3.05) is 24.3 Å². The number of rotatable bonds is 6. The molecule has 1 aliphatic rings. The molecule has 3 aromatic rings. The quantitative estimate of drug-likeness (QED) is 0.347. The molecule has 0 saturated carbocycles. The molecule has 31 heavy (non-hydrogen) atoms. The highest BCUT2D eigenvalue weighted by atomic mass is 32.2. The number of ether oxygens (including phenoxy) is 2. The van der Waals surface area contributed by atoms with E-state index in [1.165, 1.54) is 23.9 Å². The third-order valence-electron chi connectivity index (χ3n) is 4.42. The second-order valence-electron chi connectivity index (χ2n) is 6.57. The number of nitrogens with zero attached hydrogens (tertiary/aromatic N) is 5. The lowest BCUT2D eigenvalue weighted by atomic mass is 10.2. The number of pyridine rings is 1. The second-order valence-corrected chi connectivity index (χ2v) is 7.51. The van der Waals surface area contributed by atoms with E-state index >= 15 is 0 Å². The van der Waals surface area contributed by atoms with E-state index in [2.05, 4.69) is 20.5 Å². The third-order valence-corrected chi connectivity index (χ3v) is 5.44. The second kappa shape index (κ2) is 9.00. The fraction of sp³-hybridized carbons (Fsp3) is 0.263. The molecule has 0 radical (unpaired) electrons. The number of aromatic nitrogens is 4. The molecular formula is C19H18N6O5S. The van der Waals surface area contributed by atoms with Gasteiger partial charge in [-0.15, -0.1) is 10.2 Å². The average molecular weight is 442 g/mol. The molecule has 12 heteroatoms. The topological polar surface area (TPSA) is 134 Å². The van der Waals surface area contributed by atoms with Crippen LogP contribution >= 0.6 is 11.8 Å². The van der Waals surface area contributed by atoms with Gasteiger partial charge in [0.25, 0.3) is 5.69 Å². The van der Waals surface area contributed by atoms with Crippen LogP contribution in [0, 0.1) is 10.1 Å². The number of nitro benzene ring substituents is 1. The standard InChI is InChI=1S/C19H18N6O5S/c1-24-18(12-4-2-5-20-10-12)22-23-19(24)31-11-17(26)21-13-8-15-16(9-14(13)25(27)28)30-7-3-6-29-15/h2,4-5,8-10H,3,6-7,11H2,1H3,(H,21,26). The summed E-state index contributed by atoms with van der Waals surface area (Å²) >= 11 is 1.17. The van der Waals surface area contributed by atoms with Crippen molar-refractivity contribution < 1.29 is 19.2 Å². The number of thioether (sulfide) groups is 1. The molecule has 1 N–H and O–H groups in total. The smallest absolute Gasteiger partial charge is 0.296 e. The first-order chi connectivity index (χ1) is 15.0. The van der Waals surface area contributed by atoms with E-state index < -0.39 is 10.8 Å². The van der Waals surface area contributed by atoms with Crippen molar-refractivity contribution in [3.63, 3.8) is 0 Å². The number of nitro groups is 1. The molecule has 4 rings (SSSR count). The first-order valence-electron chi connectivity index (χ1n) is 9.33. The van der Waals surface area contributed by atoms with Gasteiger partial charge in [0.15, 0.2) is 22.5 Å². The van der Waals surface area contributed by atoms with Crippen LogP contribution in [-0.2, 0) is 11.8 Å². The molecule has 11 nitrogen and oxygen atoms in total. The number of nitrogens with one attached hydrogen (secondary N) is 1. The molecule has 1 aliphatic heterocycles. The van der Waals surface area contributed by atoms with Gasteiger partial charge in [-0.05, 0) is 12.1 Å². The van der Waals surface area contributed by atoms with Gasteiger partial charge < -0.3 is 19.4 Å². The van der Waals surface area contributed by atoms with Gasteiger partial charge in [0.05, 0.1) is 30.0 Å². The molecule has 1 aromatic carbocycles. The van der Waals surface area contributed by atoms with Crippen molar-refractivity contribution in [2.45, 2.75) is 11.6 Å². The van der Waals surface area contributed by atoms with Crippen LogP contribution in [0.15, 0.2) is 41.8 Å². The molecule has 0 fully saturated rings. The number of benzene rings is 1. The number of amides is 1. The summed E-state index contributed by atoms with van der Waals surface area (Å²) < 4.78 is 12.8. The maximum absolute atomic E-state index is 12.5. The minimum atomic E-state index is -0.569. The van der Waals surface area contributed by atoms with Crippen LogP contribution in [0.4, 0.5) is 11.4 Å². The molecule has 0 aliphatic carbocycles. The Morgan fingerprint density at radius 2 is 2.06 bits per heavy atom. The van der Waals surface area contributed by atoms with Crippen LogP contribution in [0.1, 0.15) is 6.42 Å². The molecule has 160 valence electrons.